The van der Waals surface area contributed by atoms with Crippen LogP contribution < -0.4 is 16.4 Å². The van der Waals surface area contributed by atoms with Crippen LogP contribution in [0.1, 0.15) is 5.69 Å². The summed E-state index contributed by atoms with van der Waals surface area (Å²) in [6.07, 6.45) is 0.488. The van der Waals surface area contributed by atoms with Crippen molar-refractivity contribution in [2.45, 2.75) is 5.41 Å². The summed E-state index contributed by atoms with van der Waals surface area (Å²) in [6.45, 7) is 1.32. The average Bonchev–Trinajstić information content (AvgIpc) is 3.10. The number of oxazole rings is 1. The Morgan fingerprint density at radius 3 is 2.81 bits per heavy atom. The topological polar surface area (TPSA) is 148 Å². The Kier molecular flexibility index (Phi) is 2.69. The van der Waals surface area contributed by atoms with Crippen LogP contribution in [0.15, 0.2) is 28.9 Å². The van der Waals surface area contributed by atoms with E-state index in [0.29, 0.717) is 42.2 Å². The second kappa shape index (κ2) is 4.75. The summed E-state index contributed by atoms with van der Waals surface area (Å²) in [6, 6.07) is 5.64. The third kappa shape index (κ3) is 1.86. The predicted molar refractivity (Wildman–Crippen MR) is 93.1 cm³/mol. The highest BCUT2D eigenvalue weighted by Gasteiger charge is 2.55. The van der Waals surface area contributed by atoms with E-state index in [0.717, 1.165) is 11.4 Å². The van der Waals surface area contributed by atoms with Crippen LogP contribution in [0.5, 0.6) is 0 Å². The maximum atomic E-state index is 11.2. The van der Waals surface area contributed by atoms with E-state index < -0.39 is 6.09 Å². The Bertz CT molecular complexity index is 1060. The van der Waals surface area contributed by atoms with Crippen molar-refractivity contribution < 1.29 is 14.3 Å². The van der Waals surface area contributed by atoms with Gasteiger partial charge >= 0.3 is 6.09 Å². The monoisotopic (exact) mass is 353 g/mol. The van der Waals surface area contributed by atoms with Crippen LogP contribution in [0.25, 0.3) is 11.1 Å². The molecule has 4 heterocycles. The van der Waals surface area contributed by atoms with Gasteiger partial charge in [-0.25, -0.2) is 14.8 Å². The molecule has 2 aliphatic heterocycles. The molecule has 5 rings (SSSR count). The Labute approximate surface area is 147 Å². The molecule has 0 saturated carbocycles. The molecule has 1 saturated heterocycles. The van der Waals surface area contributed by atoms with E-state index in [1.54, 1.807) is 6.07 Å². The van der Waals surface area contributed by atoms with Crippen LogP contribution in [0.4, 0.5) is 28.0 Å². The maximum Gasteiger partial charge on any atom is 0.407 e. The molecule has 0 unspecified atom stereocenters. The van der Waals surface area contributed by atoms with Gasteiger partial charge in [-0.15, -0.1) is 0 Å². The third-order valence-electron chi connectivity index (χ3n) is 5.04. The van der Waals surface area contributed by atoms with Crippen molar-refractivity contribution in [3.63, 3.8) is 0 Å². The molecule has 2 aromatic heterocycles. The number of carboxylic acid groups (broad SMARTS) is 1. The molecule has 1 spiro atoms. The SMILES string of the molecule is Nc1nc2cc(N3CC4(CN(C(=O)O)C4)c4ncnc(N)c43)ccc2o1. The van der Waals surface area contributed by atoms with Gasteiger partial charge in [-0.2, -0.15) is 4.98 Å². The summed E-state index contributed by atoms with van der Waals surface area (Å²) in [5, 5.41) is 9.21. The molecular weight excluding hydrogens is 338 g/mol. The zero-order valence-corrected chi connectivity index (χ0v) is 13.6. The molecule has 1 amide bonds. The minimum atomic E-state index is -0.933. The smallest absolute Gasteiger partial charge is 0.407 e. The van der Waals surface area contributed by atoms with E-state index in [4.69, 9.17) is 15.9 Å². The Morgan fingerprint density at radius 1 is 1.23 bits per heavy atom. The van der Waals surface area contributed by atoms with E-state index >= 15 is 0 Å². The van der Waals surface area contributed by atoms with Gasteiger partial charge in [0, 0.05) is 25.3 Å². The van der Waals surface area contributed by atoms with E-state index in [9.17, 15) is 9.90 Å². The normalized spacial score (nSPS) is 17.5. The Morgan fingerprint density at radius 2 is 2.04 bits per heavy atom. The van der Waals surface area contributed by atoms with Gasteiger partial charge < -0.3 is 30.8 Å². The standard InChI is InChI=1S/C16H15N7O3/c17-13-11-12(19-7-20-13)16(4-22(5-16)15(24)25)6-23(11)8-1-2-10-9(3-8)21-14(18)26-10/h1-3,7H,4-6H2,(H2,18,21)(H,24,25)(H2,17,19,20). The van der Waals surface area contributed by atoms with Crippen LogP contribution in [0, 0.1) is 0 Å². The minimum Gasteiger partial charge on any atom is -0.465 e. The molecule has 0 radical (unpaired) electrons. The summed E-state index contributed by atoms with van der Waals surface area (Å²) in [4.78, 5) is 27.3. The lowest BCUT2D eigenvalue weighted by atomic mass is 9.78. The number of nitrogens with two attached hydrogens (primary N) is 2. The molecule has 2 aliphatic rings. The highest BCUT2D eigenvalue weighted by atomic mass is 16.4. The van der Waals surface area contributed by atoms with Gasteiger partial charge in [0.15, 0.2) is 11.4 Å². The molecule has 3 aromatic rings. The number of hydrogen-bond donors (Lipinski definition) is 3. The molecule has 132 valence electrons. The average molecular weight is 353 g/mol. The van der Waals surface area contributed by atoms with Crippen molar-refractivity contribution in [1.29, 1.82) is 0 Å². The molecule has 10 heteroatoms. The number of nitrogens with zero attached hydrogens (tertiary/aromatic N) is 5. The first-order chi connectivity index (χ1) is 12.5. The summed E-state index contributed by atoms with van der Waals surface area (Å²) in [5.41, 5.74) is 14.9. The number of nitrogen functional groups attached to an aromatic ring is 2. The first-order valence-corrected chi connectivity index (χ1v) is 7.99. The lowest BCUT2D eigenvalue weighted by Gasteiger charge is -2.46. The van der Waals surface area contributed by atoms with Gasteiger partial charge in [0.25, 0.3) is 6.01 Å². The van der Waals surface area contributed by atoms with Gasteiger partial charge in [-0.1, -0.05) is 0 Å². The number of likely N-dealkylation sites (tertiary alicyclic amines) is 1. The van der Waals surface area contributed by atoms with Crippen molar-refractivity contribution in [2.24, 2.45) is 0 Å². The summed E-state index contributed by atoms with van der Waals surface area (Å²) in [5.74, 6) is 0.361. The molecular formula is C16H15N7O3. The van der Waals surface area contributed by atoms with Crippen LogP contribution in [0.2, 0.25) is 0 Å². The first-order valence-electron chi connectivity index (χ1n) is 7.99. The van der Waals surface area contributed by atoms with Crippen LogP contribution in [-0.2, 0) is 5.41 Å². The van der Waals surface area contributed by atoms with Gasteiger partial charge in [0.1, 0.15) is 17.5 Å². The lowest BCUT2D eigenvalue weighted by Crippen LogP contribution is -2.62. The fourth-order valence-electron chi connectivity index (χ4n) is 3.89. The fourth-order valence-corrected chi connectivity index (χ4v) is 3.89. The van der Waals surface area contributed by atoms with Crippen LogP contribution in [0.3, 0.4) is 0 Å². The van der Waals surface area contributed by atoms with Crippen molar-refractivity contribution >= 4 is 40.4 Å². The summed E-state index contributed by atoms with van der Waals surface area (Å²) >= 11 is 0. The van der Waals surface area contributed by atoms with Gasteiger partial charge in [0.05, 0.1) is 11.1 Å². The highest BCUT2D eigenvalue weighted by molar-refractivity contribution is 5.85. The predicted octanol–water partition coefficient (Wildman–Crippen LogP) is 1.17. The molecule has 26 heavy (non-hydrogen) atoms. The number of carbonyl (C=O) groups is 1. The van der Waals surface area contributed by atoms with Crippen molar-refractivity contribution in [2.75, 3.05) is 36.0 Å². The van der Waals surface area contributed by atoms with Crippen molar-refractivity contribution in [1.82, 2.24) is 19.9 Å². The lowest BCUT2D eigenvalue weighted by molar-refractivity contribution is 0.0657. The zero-order valence-electron chi connectivity index (χ0n) is 13.6. The van der Waals surface area contributed by atoms with E-state index in [-0.39, 0.29) is 11.4 Å². The summed E-state index contributed by atoms with van der Waals surface area (Å²) < 4.78 is 5.32. The largest absolute Gasteiger partial charge is 0.465 e. The number of fused-ring (bicyclic) bond motifs is 3. The number of amides is 1. The van der Waals surface area contributed by atoms with E-state index in [1.165, 1.54) is 11.2 Å². The molecule has 1 aromatic carbocycles. The van der Waals surface area contributed by atoms with E-state index in [1.807, 2.05) is 17.0 Å². The van der Waals surface area contributed by atoms with Gasteiger partial charge in [0.2, 0.25) is 0 Å². The molecule has 5 N–H and O–H groups in total. The molecule has 10 nitrogen and oxygen atoms in total. The van der Waals surface area contributed by atoms with Crippen molar-refractivity contribution in [3.8, 4) is 0 Å². The quantitative estimate of drug-likeness (QED) is 0.586. The minimum absolute atomic E-state index is 0.106. The van der Waals surface area contributed by atoms with Crippen molar-refractivity contribution in [3.05, 3.63) is 30.2 Å². The first kappa shape index (κ1) is 14.8. The molecule has 1 fully saturated rings. The van der Waals surface area contributed by atoms with Crippen LogP contribution in [-0.4, -0.2) is 50.7 Å². The number of rotatable bonds is 1. The third-order valence-corrected chi connectivity index (χ3v) is 5.04. The Balaban J connectivity index is 1.61. The fraction of sp³-hybridized carbons (Fsp3) is 0.250. The zero-order chi connectivity index (χ0) is 18.1. The van der Waals surface area contributed by atoms with Crippen LogP contribution >= 0.6 is 0 Å². The maximum absolute atomic E-state index is 11.2. The van der Waals surface area contributed by atoms with E-state index in [2.05, 4.69) is 15.0 Å². The number of anilines is 4. The highest BCUT2D eigenvalue weighted by Crippen LogP contribution is 2.50. The molecule has 0 aliphatic carbocycles. The molecule has 0 bridgehead atoms. The van der Waals surface area contributed by atoms with Gasteiger partial charge in [-0.3, -0.25) is 0 Å². The number of aromatic nitrogens is 3. The number of hydrogen-bond acceptors (Lipinski definition) is 8. The second-order valence-electron chi connectivity index (χ2n) is 6.67. The summed E-state index contributed by atoms with van der Waals surface area (Å²) in [7, 11) is 0. The molecule has 0 atom stereocenters. The second-order valence-corrected chi connectivity index (χ2v) is 6.67. The van der Waals surface area contributed by atoms with Gasteiger partial charge in [-0.05, 0) is 18.2 Å². The Hall–Kier alpha value is -3.56. The number of benzene rings is 1.